The second-order valence-electron chi connectivity index (χ2n) is 7.48. The summed E-state index contributed by atoms with van der Waals surface area (Å²) in [7, 11) is 0. The van der Waals surface area contributed by atoms with Gasteiger partial charge in [-0.2, -0.15) is 0 Å². The lowest BCUT2D eigenvalue weighted by atomic mass is 9.58. The molecule has 0 amide bonds. The van der Waals surface area contributed by atoms with E-state index in [4.69, 9.17) is 6.42 Å². The molecule has 0 heterocycles. The largest absolute Gasteiger partial charge is 0.377 e. The summed E-state index contributed by atoms with van der Waals surface area (Å²) >= 11 is 0. The first-order valence-corrected chi connectivity index (χ1v) is 8.35. The molecule has 0 radical (unpaired) electrons. The van der Waals surface area contributed by atoms with Crippen LogP contribution in [0.4, 0.5) is 0 Å². The molecule has 0 spiro atoms. The normalized spacial score (nSPS) is 43.1. The summed E-state index contributed by atoms with van der Waals surface area (Å²) in [5.41, 5.74) is 2.73. The number of fused-ring (bicyclic) bond motifs is 4. The van der Waals surface area contributed by atoms with E-state index < -0.39 is 5.60 Å². The molecule has 0 aromatic heterocycles. The molecule has 1 N–H and O–H groups in total. The van der Waals surface area contributed by atoms with Gasteiger partial charge in [0.15, 0.2) is 5.78 Å². The van der Waals surface area contributed by atoms with Crippen molar-refractivity contribution in [3.05, 3.63) is 34.9 Å². The number of ketones is 1. The van der Waals surface area contributed by atoms with Crippen LogP contribution in [0.3, 0.4) is 0 Å². The van der Waals surface area contributed by atoms with Crippen LogP contribution < -0.4 is 0 Å². The van der Waals surface area contributed by atoms with E-state index in [-0.39, 0.29) is 11.2 Å². The van der Waals surface area contributed by atoms with Crippen LogP contribution >= 0.6 is 0 Å². The highest BCUT2D eigenvalue weighted by Gasteiger charge is 2.58. The van der Waals surface area contributed by atoms with E-state index in [1.807, 2.05) is 6.08 Å². The van der Waals surface area contributed by atoms with Crippen molar-refractivity contribution in [2.45, 2.75) is 51.0 Å². The average Bonchev–Trinajstić information content (AvgIpc) is 2.79. The molecule has 22 heavy (non-hydrogen) atoms. The van der Waals surface area contributed by atoms with Gasteiger partial charge in [0.05, 0.1) is 0 Å². The molecule has 114 valence electrons. The minimum atomic E-state index is -1.01. The Balaban J connectivity index is 1.83. The Hall–Kier alpha value is -1.59. The summed E-state index contributed by atoms with van der Waals surface area (Å²) in [6.45, 7) is 2.12. The molecule has 0 aliphatic heterocycles. The second kappa shape index (κ2) is 4.46. The van der Waals surface area contributed by atoms with Crippen LogP contribution in [0.15, 0.2) is 34.9 Å². The summed E-state index contributed by atoms with van der Waals surface area (Å²) in [6.07, 6.45) is 17.1. The van der Waals surface area contributed by atoms with Gasteiger partial charge >= 0.3 is 0 Å². The smallest absolute Gasteiger partial charge is 0.156 e. The van der Waals surface area contributed by atoms with Gasteiger partial charge in [-0.1, -0.05) is 25.0 Å². The second-order valence-corrected chi connectivity index (χ2v) is 7.48. The standard InChI is InChI=1S/C20H22O2/c1-3-20(22)11-9-18-17-6-4-13-12-14(21)5-7-15(13)16(17)8-10-19(18,20)2/h1,8,10,12,17-18,22H,4-7,9,11H2,2H3/t17-,18+,19-,20-/m0/s1. The zero-order valence-corrected chi connectivity index (χ0v) is 13.1. The summed E-state index contributed by atoms with van der Waals surface area (Å²) in [5.74, 6) is 3.84. The molecule has 4 aliphatic carbocycles. The highest BCUT2D eigenvalue weighted by Crippen LogP contribution is 2.60. The van der Waals surface area contributed by atoms with Gasteiger partial charge in [-0.15, -0.1) is 6.42 Å². The number of terminal acetylenes is 1. The first kappa shape index (κ1) is 14.0. The van der Waals surface area contributed by atoms with E-state index in [2.05, 4.69) is 25.0 Å². The van der Waals surface area contributed by atoms with Gasteiger partial charge in [0.2, 0.25) is 0 Å². The van der Waals surface area contributed by atoms with Crippen LogP contribution in [0.1, 0.15) is 45.4 Å². The summed E-state index contributed by atoms with van der Waals surface area (Å²) in [4.78, 5) is 11.7. The highest BCUT2D eigenvalue weighted by atomic mass is 16.3. The average molecular weight is 294 g/mol. The maximum atomic E-state index is 11.7. The number of hydrogen-bond donors (Lipinski definition) is 1. The number of carbonyl (C=O) groups is 1. The zero-order valence-electron chi connectivity index (χ0n) is 13.1. The Bertz CT molecular complexity index is 687. The molecule has 4 atom stereocenters. The van der Waals surface area contributed by atoms with Crippen LogP contribution in [0.25, 0.3) is 0 Å². The Morgan fingerprint density at radius 1 is 1.32 bits per heavy atom. The monoisotopic (exact) mass is 294 g/mol. The van der Waals surface area contributed by atoms with E-state index in [0.717, 1.165) is 25.7 Å². The molecule has 0 aromatic carbocycles. The molecule has 0 saturated heterocycles. The molecule has 4 aliphatic rings. The lowest BCUT2D eigenvalue weighted by Crippen LogP contribution is -2.46. The molecule has 2 heteroatoms. The maximum absolute atomic E-state index is 11.7. The van der Waals surface area contributed by atoms with Crippen LogP contribution in [0.5, 0.6) is 0 Å². The van der Waals surface area contributed by atoms with Crippen molar-refractivity contribution in [2.24, 2.45) is 17.3 Å². The van der Waals surface area contributed by atoms with Crippen LogP contribution in [-0.4, -0.2) is 16.5 Å². The Morgan fingerprint density at radius 2 is 2.14 bits per heavy atom. The van der Waals surface area contributed by atoms with Crippen molar-refractivity contribution in [1.29, 1.82) is 0 Å². The molecular formula is C20H22O2. The quantitative estimate of drug-likeness (QED) is 0.696. The van der Waals surface area contributed by atoms with Crippen molar-refractivity contribution in [2.75, 3.05) is 0 Å². The first-order chi connectivity index (χ1) is 10.5. The summed E-state index contributed by atoms with van der Waals surface area (Å²) in [5, 5.41) is 10.9. The molecule has 1 saturated carbocycles. The molecular weight excluding hydrogens is 272 g/mol. The lowest BCUT2D eigenvalue weighted by Gasteiger charge is -2.46. The molecule has 4 rings (SSSR count). The Morgan fingerprint density at radius 3 is 2.91 bits per heavy atom. The number of rotatable bonds is 0. The number of aliphatic hydroxyl groups is 1. The minimum Gasteiger partial charge on any atom is -0.377 e. The summed E-state index contributed by atoms with van der Waals surface area (Å²) in [6, 6.07) is 0. The van der Waals surface area contributed by atoms with Gasteiger partial charge in [-0.05, 0) is 66.7 Å². The minimum absolute atomic E-state index is 0.269. The fraction of sp³-hybridized carbons (Fsp3) is 0.550. The van der Waals surface area contributed by atoms with Gasteiger partial charge in [-0.3, -0.25) is 4.79 Å². The number of allylic oxidation sites excluding steroid dienone is 5. The van der Waals surface area contributed by atoms with Gasteiger partial charge < -0.3 is 5.11 Å². The fourth-order valence-corrected chi connectivity index (χ4v) is 5.26. The third-order valence-electron chi connectivity index (χ3n) is 6.63. The SMILES string of the molecule is C#C[C@]1(O)CC[C@@H]2[C@H]3CCC4=CC(=O)CCC4=C3C=C[C@@]21C. The molecule has 2 nitrogen and oxygen atoms in total. The van der Waals surface area contributed by atoms with Crippen molar-refractivity contribution < 1.29 is 9.90 Å². The van der Waals surface area contributed by atoms with Crippen molar-refractivity contribution >= 4 is 5.78 Å². The third-order valence-corrected chi connectivity index (χ3v) is 6.63. The predicted octanol–water partition coefficient (Wildman–Crippen LogP) is 3.33. The maximum Gasteiger partial charge on any atom is 0.156 e. The van der Waals surface area contributed by atoms with Gasteiger partial charge in [0.1, 0.15) is 5.60 Å². The number of carbonyl (C=O) groups excluding carboxylic acids is 1. The van der Waals surface area contributed by atoms with E-state index >= 15 is 0 Å². The van der Waals surface area contributed by atoms with Crippen LogP contribution in [0.2, 0.25) is 0 Å². The van der Waals surface area contributed by atoms with Gasteiger partial charge in [-0.25, -0.2) is 0 Å². The predicted molar refractivity (Wildman–Crippen MR) is 85.8 cm³/mol. The first-order valence-electron chi connectivity index (χ1n) is 8.35. The Labute approximate surface area is 132 Å². The Kier molecular flexibility index (Phi) is 2.84. The molecule has 0 aromatic rings. The third kappa shape index (κ3) is 1.64. The van der Waals surface area contributed by atoms with E-state index in [0.29, 0.717) is 24.7 Å². The van der Waals surface area contributed by atoms with E-state index in [9.17, 15) is 9.90 Å². The van der Waals surface area contributed by atoms with Crippen LogP contribution in [0, 0.1) is 29.6 Å². The van der Waals surface area contributed by atoms with Crippen molar-refractivity contribution in [3.63, 3.8) is 0 Å². The molecule has 0 unspecified atom stereocenters. The van der Waals surface area contributed by atoms with Gasteiger partial charge in [0, 0.05) is 11.8 Å². The topological polar surface area (TPSA) is 37.3 Å². The van der Waals surface area contributed by atoms with E-state index in [1.165, 1.54) is 16.7 Å². The highest BCUT2D eigenvalue weighted by molar-refractivity contribution is 5.93. The van der Waals surface area contributed by atoms with Gasteiger partial charge in [0.25, 0.3) is 0 Å². The van der Waals surface area contributed by atoms with Crippen LogP contribution in [-0.2, 0) is 4.79 Å². The lowest BCUT2D eigenvalue weighted by molar-refractivity contribution is -0.114. The summed E-state index contributed by atoms with van der Waals surface area (Å²) < 4.78 is 0. The molecule has 0 bridgehead atoms. The molecule has 1 fully saturated rings. The number of hydrogen-bond acceptors (Lipinski definition) is 2. The van der Waals surface area contributed by atoms with Crippen molar-refractivity contribution in [3.8, 4) is 12.3 Å². The van der Waals surface area contributed by atoms with Crippen molar-refractivity contribution in [1.82, 2.24) is 0 Å². The fourth-order valence-electron chi connectivity index (χ4n) is 5.26. The van der Waals surface area contributed by atoms with E-state index in [1.54, 1.807) is 0 Å². The zero-order chi connectivity index (χ0) is 15.5.